The second-order valence-electron chi connectivity index (χ2n) is 9.26. The second kappa shape index (κ2) is 14.7. The van der Waals surface area contributed by atoms with Crippen molar-refractivity contribution in [1.29, 1.82) is 0 Å². The van der Waals surface area contributed by atoms with E-state index >= 15 is 0 Å². The number of ether oxygens (including phenoxy) is 2. The lowest BCUT2D eigenvalue weighted by atomic mass is 10.1. The fourth-order valence-corrected chi connectivity index (χ4v) is 3.72. The van der Waals surface area contributed by atoms with Crippen molar-refractivity contribution >= 4 is 41.7 Å². The number of para-hydroxylation sites is 2. The smallest absolute Gasteiger partial charge is 0.343 e. The molecule has 0 aromatic heterocycles. The molecule has 4 aromatic rings. The van der Waals surface area contributed by atoms with Crippen LogP contribution in [0.1, 0.15) is 50.8 Å². The minimum Gasteiger partial charge on any atom is -0.423 e. The van der Waals surface area contributed by atoms with Crippen LogP contribution in [0, 0.1) is 6.92 Å². The van der Waals surface area contributed by atoms with Crippen molar-refractivity contribution in [3.63, 3.8) is 0 Å². The maximum Gasteiger partial charge on any atom is 0.343 e. The van der Waals surface area contributed by atoms with Crippen LogP contribution in [-0.4, -0.2) is 30.0 Å². The Labute approximate surface area is 248 Å². The van der Waals surface area contributed by atoms with Crippen LogP contribution in [0.4, 0.5) is 5.69 Å². The largest absolute Gasteiger partial charge is 0.423 e. The van der Waals surface area contributed by atoms with Crippen LogP contribution < -0.4 is 20.2 Å². The Morgan fingerprint density at radius 1 is 0.744 bits per heavy atom. The first-order valence-corrected chi connectivity index (χ1v) is 13.4. The summed E-state index contributed by atoms with van der Waals surface area (Å²) in [6, 6.07) is 26.9. The van der Waals surface area contributed by atoms with E-state index in [-0.39, 0.29) is 11.7 Å². The molecule has 4 rings (SSSR count). The number of rotatable bonds is 10. The summed E-state index contributed by atoms with van der Waals surface area (Å²) in [6.45, 7) is 3.68. The number of benzene rings is 4. The van der Waals surface area contributed by atoms with Gasteiger partial charge in [-0.3, -0.25) is 9.59 Å². The van der Waals surface area contributed by atoms with Gasteiger partial charge in [0.25, 0.3) is 5.91 Å². The number of nitrogens with zero attached hydrogens (tertiary/aromatic N) is 1. The fourth-order valence-electron chi connectivity index (χ4n) is 3.72. The summed E-state index contributed by atoms with van der Waals surface area (Å²) in [4.78, 5) is 49.2. The third kappa shape index (κ3) is 8.83. The zero-order chi connectivity index (χ0) is 30.6. The zero-order valence-corrected chi connectivity index (χ0v) is 23.6. The van der Waals surface area contributed by atoms with Gasteiger partial charge in [-0.2, -0.15) is 5.10 Å². The molecule has 9 heteroatoms. The molecule has 9 nitrogen and oxygen atoms in total. The van der Waals surface area contributed by atoms with Crippen molar-refractivity contribution in [3.05, 3.63) is 131 Å². The molecule has 0 aliphatic heterocycles. The van der Waals surface area contributed by atoms with E-state index < -0.39 is 17.8 Å². The Morgan fingerprint density at radius 2 is 1.35 bits per heavy atom. The number of esters is 2. The number of anilines is 1. The predicted octanol–water partition coefficient (Wildman–Crippen LogP) is 5.95. The van der Waals surface area contributed by atoms with Crippen molar-refractivity contribution in [3.8, 4) is 11.5 Å². The highest BCUT2D eigenvalue weighted by Gasteiger charge is 2.12. The quantitative estimate of drug-likeness (QED) is 0.0793. The number of amides is 2. The van der Waals surface area contributed by atoms with Gasteiger partial charge >= 0.3 is 11.9 Å². The van der Waals surface area contributed by atoms with E-state index in [0.717, 1.165) is 5.56 Å². The lowest BCUT2D eigenvalue weighted by molar-refractivity contribution is -0.128. The van der Waals surface area contributed by atoms with Gasteiger partial charge in [-0.1, -0.05) is 55.0 Å². The number of hydrogen-bond donors (Lipinski definition) is 2. The van der Waals surface area contributed by atoms with Crippen molar-refractivity contribution in [2.45, 2.75) is 20.3 Å². The van der Waals surface area contributed by atoms with E-state index in [4.69, 9.17) is 9.47 Å². The summed E-state index contributed by atoms with van der Waals surface area (Å²) in [5.74, 6) is -1.24. The van der Waals surface area contributed by atoms with Crippen LogP contribution in [0.25, 0.3) is 6.08 Å². The Kier molecular flexibility index (Phi) is 10.3. The molecule has 0 saturated heterocycles. The van der Waals surface area contributed by atoms with E-state index in [1.165, 1.54) is 18.4 Å². The summed E-state index contributed by atoms with van der Waals surface area (Å²) in [5, 5.41) is 6.69. The standard InChI is InChI=1S/C34H29N3O6/c1-3-31(38)36-28-19-16-25(17-20-28)33(40)37-35-22-27-9-5-7-11-30(27)42-32(39)21-18-24-8-4-6-10-29(24)43-34(41)26-14-12-23(2)13-15-26/h4-22H,3H2,1-2H3,(H,36,38)(H,37,40)/b21-18+,35-22+. The average Bonchev–Trinajstić information content (AvgIpc) is 3.02. The van der Waals surface area contributed by atoms with Gasteiger partial charge in [-0.05, 0) is 67.6 Å². The summed E-state index contributed by atoms with van der Waals surface area (Å²) in [7, 11) is 0. The fraction of sp³-hybridized carbons (Fsp3) is 0.0882. The highest BCUT2D eigenvalue weighted by atomic mass is 16.5. The van der Waals surface area contributed by atoms with Gasteiger partial charge in [0.2, 0.25) is 5.91 Å². The number of carbonyl (C=O) groups is 4. The van der Waals surface area contributed by atoms with Gasteiger partial charge in [0, 0.05) is 34.9 Å². The minimum absolute atomic E-state index is 0.124. The molecule has 43 heavy (non-hydrogen) atoms. The van der Waals surface area contributed by atoms with Crippen LogP contribution in [-0.2, 0) is 9.59 Å². The summed E-state index contributed by atoms with van der Waals surface area (Å²) in [6.07, 6.45) is 4.43. The molecular weight excluding hydrogens is 546 g/mol. The van der Waals surface area contributed by atoms with Crippen LogP contribution in [0.5, 0.6) is 11.5 Å². The van der Waals surface area contributed by atoms with Gasteiger partial charge in [0.15, 0.2) is 0 Å². The SMILES string of the molecule is CCC(=O)Nc1ccc(C(=O)N/N=C/c2ccccc2OC(=O)/C=C/c2ccccc2OC(=O)c2ccc(C)cc2)cc1. The van der Waals surface area contributed by atoms with Crippen LogP contribution in [0.2, 0.25) is 0 Å². The van der Waals surface area contributed by atoms with E-state index in [1.54, 1.807) is 91.9 Å². The molecule has 0 saturated carbocycles. The highest BCUT2D eigenvalue weighted by molar-refractivity contribution is 5.97. The third-order valence-electron chi connectivity index (χ3n) is 6.06. The molecule has 0 atom stereocenters. The van der Waals surface area contributed by atoms with E-state index in [9.17, 15) is 19.2 Å². The van der Waals surface area contributed by atoms with E-state index in [0.29, 0.717) is 40.1 Å². The molecule has 0 aliphatic rings. The molecule has 0 bridgehead atoms. The maximum absolute atomic E-state index is 12.6. The molecule has 0 fully saturated rings. The van der Waals surface area contributed by atoms with Crippen molar-refractivity contribution < 1.29 is 28.7 Å². The molecule has 0 heterocycles. The molecule has 0 spiro atoms. The number of nitrogens with one attached hydrogen (secondary N) is 2. The first-order valence-electron chi connectivity index (χ1n) is 13.4. The molecule has 0 unspecified atom stereocenters. The highest BCUT2D eigenvalue weighted by Crippen LogP contribution is 2.22. The Morgan fingerprint density at radius 3 is 2.02 bits per heavy atom. The maximum atomic E-state index is 12.6. The molecule has 4 aromatic carbocycles. The van der Waals surface area contributed by atoms with E-state index in [1.807, 2.05) is 19.1 Å². The topological polar surface area (TPSA) is 123 Å². The molecule has 2 amide bonds. The Balaban J connectivity index is 1.37. The summed E-state index contributed by atoms with van der Waals surface area (Å²) < 4.78 is 11.0. The van der Waals surface area contributed by atoms with Crippen LogP contribution >= 0.6 is 0 Å². The van der Waals surface area contributed by atoms with Crippen molar-refractivity contribution in [2.24, 2.45) is 5.10 Å². The zero-order valence-electron chi connectivity index (χ0n) is 23.6. The second-order valence-corrected chi connectivity index (χ2v) is 9.26. The number of hydrazone groups is 1. The normalized spacial score (nSPS) is 10.8. The predicted molar refractivity (Wildman–Crippen MR) is 164 cm³/mol. The Hall–Kier alpha value is -5.83. The molecule has 216 valence electrons. The van der Waals surface area contributed by atoms with Crippen molar-refractivity contribution in [2.75, 3.05) is 5.32 Å². The number of aryl methyl sites for hydroxylation is 1. The lowest BCUT2D eigenvalue weighted by Crippen LogP contribution is -2.18. The Bertz CT molecular complexity index is 1680. The number of carbonyl (C=O) groups excluding carboxylic acids is 4. The average molecular weight is 576 g/mol. The molecular formula is C34H29N3O6. The first kappa shape index (κ1) is 30.1. The molecule has 2 N–H and O–H groups in total. The summed E-state index contributed by atoms with van der Waals surface area (Å²) in [5.41, 5.74) is 5.77. The molecule has 0 radical (unpaired) electrons. The molecule has 0 aliphatic carbocycles. The first-order chi connectivity index (χ1) is 20.8. The van der Waals surface area contributed by atoms with Gasteiger partial charge in [-0.15, -0.1) is 0 Å². The monoisotopic (exact) mass is 575 g/mol. The number of hydrogen-bond acceptors (Lipinski definition) is 7. The third-order valence-corrected chi connectivity index (χ3v) is 6.06. The van der Waals surface area contributed by atoms with Crippen molar-refractivity contribution in [1.82, 2.24) is 5.43 Å². The summed E-state index contributed by atoms with van der Waals surface area (Å²) >= 11 is 0. The van der Waals surface area contributed by atoms with Gasteiger partial charge in [0.05, 0.1) is 11.8 Å². The van der Waals surface area contributed by atoms with Crippen LogP contribution in [0.3, 0.4) is 0 Å². The van der Waals surface area contributed by atoms with Gasteiger partial charge in [-0.25, -0.2) is 15.0 Å². The van der Waals surface area contributed by atoms with Crippen LogP contribution in [0.15, 0.2) is 108 Å². The lowest BCUT2D eigenvalue weighted by Gasteiger charge is -2.08. The minimum atomic E-state index is -0.667. The van der Waals surface area contributed by atoms with E-state index in [2.05, 4.69) is 15.8 Å². The van der Waals surface area contributed by atoms with Gasteiger partial charge < -0.3 is 14.8 Å². The van der Waals surface area contributed by atoms with Gasteiger partial charge in [0.1, 0.15) is 11.5 Å².